The quantitative estimate of drug-likeness (QED) is 0.534. The molecule has 0 atom stereocenters. The smallest absolute Gasteiger partial charge is 0.0462 e. The molecule has 0 N–H and O–H groups in total. The zero-order chi connectivity index (χ0) is 10.9. The van der Waals surface area contributed by atoms with Gasteiger partial charge in [-0.2, -0.15) is 0 Å². The van der Waals surface area contributed by atoms with E-state index in [0.717, 1.165) is 13.2 Å². The van der Waals surface area contributed by atoms with Crippen molar-refractivity contribution < 1.29 is 9.47 Å². The van der Waals surface area contributed by atoms with E-state index in [-0.39, 0.29) is 0 Å². The third-order valence-electron chi connectivity index (χ3n) is 3.11. The average molecular weight is 202 g/mol. The lowest BCUT2D eigenvalue weighted by atomic mass is 9.79. The summed E-state index contributed by atoms with van der Waals surface area (Å²) in [7, 11) is 3.54. The molecule has 0 fully saturated rings. The molecule has 0 radical (unpaired) electrons. The molecule has 0 aromatic rings. The number of hydrogen-bond donors (Lipinski definition) is 0. The molecule has 0 saturated heterocycles. The Labute approximate surface area is 89.0 Å². The largest absolute Gasteiger partial charge is 0.385 e. The molecular formula is C12H26O2. The van der Waals surface area contributed by atoms with Gasteiger partial charge < -0.3 is 9.47 Å². The van der Waals surface area contributed by atoms with Crippen LogP contribution in [0.5, 0.6) is 0 Å². The highest BCUT2D eigenvalue weighted by molar-refractivity contribution is 4.72. The van der Waals surface area contributed by atoms with Crippen LogP contribution >= 0.6 is 0 Å². The molecule has 0 aliphatic heterocycles. The van der Waals surface area contributed by atoms with Crippen molar-refractivity contribution in [3.63, 3.8) is 0 Å². The lowest BCUT2D eigenvalue weighted by Gasteiger charge is -2.28. The first-order valence-corrected chi connectivity index (χ1v) is 5.66. The summed E-state index contributed by atoms with van der Waals surface area (Å²) in [6.45, 7) is 6.43. The summed E-state index contributed by atoms with van der Waals surface area (Å²) < 4.78 is 10.2. The van der Waals surface area contributed by atoms with Gasteiger partial charge in [-0.05, 0) is 31.1 Å². The summed E-state index contributed by atoms with van der Waals surface area (Å²) in [6.07, 6.45) is 6.13. The number of ether oxygens (including phenoxy) is 2. The van der Waals surface area contributed by atoms with Gasteiger partial charge in [-0.25, -0.2) is 0 Å². The lowest BCUT2D eigenvalue weighted by molar-refractivity contribution is 0.144. The monoisotopic (exact) mass is 202 g/mol. The highest BCUT2D eigenvalue weighted by atomic mass is 16.5. The Kier molecular flexibility index (Phi) is 8.20. The summed E-state index contributed by atoms with van der Waals surface area (Å²) in [4.78, 5) is 0. The fraction of sp³-hybridized carbons (Fsp3) is 1.00. The molecule has 0 saturated carbocycles. The highest BCUT2D eigenvalue weighted by Gasteiger charge is 2.20. The second kappa shape index (κ2) is 8.25. The van der Waals surface area contributed by atoms with Gasteiger partial charge in [0.15, 0.2) is 0 Å². The van der Waals surface area contributed by atoms with Gasteiger partial charge in [0.2, 0.25) is 0 Å². The fourth-order valence-electron chi connectivity index (χ4n) is 1.77. The fourth-order valence-corrected chi connectivity index (χ4v) is 1.77. The van der Waals surface area contributed by atoms with E-state index >= 15 is 0 Å². The van der Waals surface area contributed by atoms with E-state index in [1.54, 1.807) is 14.2 Å². The van der Waals surface area contributed by atoms with Crippen molar-refractivity contribution in [2.45, 2.75) is 46.0 Å². The third-order valence-corrected chi connectivity index (χ3v) is 3.11. The molecule has 0 heterocycles. The Morgan fingerprint density at radius 1 is 0.929 bits per heavy atom. The van der Waals surface area contributed by atoms with E-state index in [9.17, 15) is 0 Å². The molecule has 0 aliphatic carbocycles. The van der Waals surface area contributed by atoms with Gasteiger partial charge in [-0.1, -0.05) is 20.3 Å². The first kappa shape index (κ1) is 13.9. The zero-order valence-electron chi connectivity index (χ0n) is 10.3. The van der Waals surface area contributed by atoms with Gasteiger partial charge in [-0.15, -0.1) is 0 Å². The molecule has 0 unspecified atom stereocenters. The zero-order valence-corrected chi connectivity index (χ0v) is 10.3. The van der Waals surface area contributed by atoms with Crippen LogP contribution in [-0.4, -0.2) is 27.4 Å². The lowest BCUT2D eigenvalue weighted by Crippen LogP contribution is -2.16. The Hall–Kier alpha value is -0.0800. The van der Waals surface area contributed by atoms with E-state index in [1.807, 2.05) is 0 Å². The molecule has 0 aliphatic rings. The second-order valence-electron chi connectivity index (χ2n) is 4.36. The first-order valence-electron chi connectivity index (χ1n) is 5.66. The summed E-state index contributed by atoms with van der Waals surface area (Å²) >= 11 is 0. The molecule has 0 amide bonds. The molecule has 14 heavy (non-hydrogen) atoms. The summed E-state index contributed by atoms with van der Waals surface area (Å²) in [5.74, 6) is 0. The molecular weight excluding hydrogens is 176 g/mol. The molecule has 0 bridgehead atoms. The first-order chi connectivity index (χ1) is 6.68. The van der Waals surface area contributed by atoms with Crippen molar-refractivity contribution >= 4 is 0 Å². The van der Waals surface area contributed by atoms with Crippen LogP contribution in [0.4, 0.5) is 0 Å². The summed E-state index contributed by atoms with van der Waals surface area (Å²) in [5, 5.41) is 0. The van der Waals surface area contributed by atoms with Gasteiger partial charge in [0, 0.05) is 27.4 Å². The van der Waals surface area contributed by atoms with E-state index in [2.05, 4.69) is 13.8 Å². The minimum absolute atomic E-state index is 0.483. The predicted molar refractivity (Wildman–Crippen MR) is 60.6 cm³/mol. The van der Waals surface area contributed by atoms with Crippen LogP contribution in [0, 0.1) is 5.41 Å². The van der Waals surface area contributed by atoms with Crippen molar-refractivity contribution in [1.82, 2.24) is 0 Å². The van der Waals surface area contributed by atoms with Gasteiger partial charge >= 0.3 is 0 Å². The van der Waals surface area contributed by atoms with Crippen LogP contribution in [0.1, 0.15) is 46.0 Å². The molecule has 0 spiro atoms. The predicted octanol–water partition coefficient (Wildman–Crippen LogP) is 3.26. The van der Waals surface area contributed by atoms with Crippen molar-refractivity contribution in [3.05, 3.63) is 0 Å². The van der Waals surface area contributed by atoms with Crippen LogP contribution < -0.4 is 0 Å². The van der Waals surface area contributed by atoms with Crippen LogP contribution in [0.15, 0.2) is 0 Å². The van der Waals surface area contributed by atoms with E-state index in [4.69, 9.17) is 9.47 Å². The number of methoxy groups -OCH3 is 2. The van der Waals surface area contributed by atoms with Gasteiger partial charge in [0.05, 0.1) is 0 Å². The van der Waals surface area contributed by atoms with Crippen molar-refractivity contribution in [2.75, 3.05) is 27.4 Å². The van der Waals surface area contributed by atoms with Gasteiger partial charge in [-0.3, -0.25) is 0 Å². The van der Waals surface area contributed by atoms with Crippen molar-refractivity contribution in [2.24, 2.45) is 5.41 Å². The minimum Gasteiger partial charge on any atom is -0.385 e. The van der Waals surface area contributed by atoms with E-state index < -0.39 is 0 Å². The minimum atomic E-state index is 0.483. The van der Waals surface area contributed by atoms with Crippen molar-refractivity contribution in [3.8, 4) is 0 Å². The number of hydrogen-bond acceptors (Lipinski definition) is 2. The van der Waals surface area contributed by atoms with Crippen LogP contribution in [0.2, 0.25) is 0 Å². The Bertz CT molecular complexity index is 113. The molecule has 2 nitrogen and oxygen atoms in total. The highest BCUT2D eigenvalue weighted by Crippen LogP contribution is 2.32. The topological polar surface area (TPSA) is 18.5 Å². The molecule has 0 aromatic carbocycles. The Balaban J connectivity index is 3.67. The Morgan fingerprint density at radius 2 is 1.36 bits per heavy atom. The van der Waals surface area contributed by atoms with Crippen LogP contribution in [-0.2, 0) is 9.47 Å². The normalized spacial score (nSPS) is 12.0. The van der Waals surface area contributed by atoms with Gasteiger partial charge in [0.25, 0.3) is 0 Å². The maximum atomic E-state index is 5.08. The van der Waals surface area contributed by atoms with E-state index in [1.165, 1.54) is 32.1 Å². The Morgan fingerprint density at radius 3 is 1.64 bits per heavy atom. The molecule has 86 valence electrons. The van der Waals surface area contributed by atoms with E-state index in [0.29, 0.717) is 5.41 Å². The standard InChI is InChI=1S/C12H26O2/c1-5-12(2,8-6-10-13-3)9-7-11-14-4/h5-11H2,1-4H3. The van der Waals surface area contributed by atoms with Crippen LogP contribution in [0.3, 0.4) is 0 Å². The average Bonchev–Trinajstić information content (AvgIpc) is 2.19. The third kappa shape index (κ3) is 6.39. The summed E-state index contributed by atoms with van der Waals surface area (Å²) in [5.41, 5.74) is 0.483. The SMILES string of the molecule is CCC(C)(CCCOC)CCCOC. The number of rotatable bonds is 9. The summed E-state index contributed by atoms with van der Waals surface area (Å²) in [6, 6.07) is 0. The maximum Gasteiger partial charge on any atom is 0.0462 e. The van der Waals surface area contributed by atoms with Crippen molar-refractivity contribution in [1.29, 1.82) is 0 Å². The second-order valence-corrected chi connectivity index (χ2v) is 4.36. The van der Waals surface area contributed by atoms with Gasteiger partial charge in [0.1, 0.15) is 0 Å². The van der Waals surface area contributed by atoms with Crippen LogP contribution in [0.25, 0.3) is 0 Å². The molecule has 0 rings (SSSR count). The molecule has 0 aromatic heterocycles. The molecule has 2 heteroatoms. The maximum absolute atomic E-state index is 5.08.